The van der Waals surface area contributed by atoms with E-state index in [0.717, 1.165) is 38.3 Å². The molecule has 1 aromatic carbocycles. The van der Waals surface area contributed by atoms with Gasteiger partial charge in [0.1, 0.15) is 0 Å². The molecule has 1 N–H and O–H groups in total. The van der Waals surface area contributed by atoms with Crippen LogP contribution in [0.1, 0.15) is 17.0 Å². The van der Waals surface area contributed by atoms with E-state index in [-0.39, 0.29) is 0 Å². The molecule has 0 saturated carbocycles. The van der Waals surface area contributed by atoms with Gasteiger partial charge in [-0.15, -0.1) is 0 Å². The van der Waals surface area contributed by atoms with Gasteiger partial charge in [-0.05, 0) is 23.6 Å². The predicted molar refractivity (Wildman–Crippen MR) is 73.1 cm³/mol. The van der Waals surface area contributed by atoms with E-state index >= 15 is 0 Å². The average molecular weight is 258 g/mol. The fraction of sp³-hybridized carbons (Fsp3) is 0.429. The third kappa shape index (κ3) is 2.76. The van der Waals surface area contributed by atoms with Crippen LogP contribution in [0.3, 0.4) is 0 Å². The molecular weight excluding hydrogens is 240 g/mol. The summed E-state index contributed by atoms with van der Waals surface area (Å²) in [6, 6.07) is 6.72. The predicted octanol–water partition coefficient (Wildman–Crippen LogP) is 1.39. The number of anilines is 1. The van der Waals surface area contributed by atoms with Crippen LogP contribution >= 0.6 is 0 Å². The van der Waals surface area contributed by atoms with Gasteiger partial charge in [-0.2, -0.15) is 4.98 Å². The first kappa shape index (κ1) is 12.2. The second kappa shape index (κ2) is 5.40. The maximum atomic E-state index is 4.70. The van der Waals surface area contributed by atoms with Crippen LogP contribution in [0.15, 0.2) is 29.1 Å². The Hall–Kier alpha value is -1.88. The number of nitrogens with zero attached hydrogens (tertiary/aromatic N) is 3. The van der Waals surface area contributed by atoms with Crippen molar-refractivity contribution in [3.05, 3.63) is 41.5 Å². The maximum Gasteiger partial charge on any atom is 0.213 e. The van der Waals surface area contributed by atoms with Gasteiger partial charge in [0.2, 0.25) is 6.39 Å². The fourth-order valence-corrected chi connectivity index (χ4v) is 2.47. The minimum atomic E-state index is 0.753. The van der Waals surface area contributed by atoms with Crippen LogP contribution in [0.2, 0.25) is 0 Å². The molecule has 0 aliphatic carbocycles. The number of hydrogen-bond acceptors (Lipinski definition) is 5. The molecule has 0 spiro atoms. The fourth-order valence-electron chi connectivity index (χ4n) is 2.47. The topological polar surface area (TPSA) is 54.2 Å². The van der Waals surface area contributed by atoms with Crippen molar-refractivity contribution in [2.24, 2.45) is 0 Å². The summed E-state index contributed by atoms with van der Waals surface area (Å²) < 4.78 is 4.70. The van der Waals surface area contributed by atoms with E-state index in [2.05, 4.69) is 45.6 Å². The van der Waals surface area contributed by atoms with Gasteiger partial charge >= 0.3 is 0 Å². The van der Waals surface area contributed by atoms with Gasteiger partial charge in [0.15, 0.2) is 5.82 Å². The van der Waals surface area contributed by atoms with Crippen molar-refractivity contribution in [1.82, 2.24) is 15.5 Å². The molecule has 2 aromatic rings. The van der Waals surface area contributed by atoms with E-state index in [1.165, 1.54) is 23.2 Å². The first-order valence-electron chi connectivity index (χ1n) is 6.62. The molecule has 3 rings (SSSR count). The zero-order valence-corrected chi connectivity index (χ0v) is 11.1. The Morgan fingerprint density at radius 3 is 3.21 bits per heavy atom. The largest absolute Gasteiger partial charge is 0.374 e. The van der Waals surface area contributed by atoms with Crippen molar-refractivity contribution >= 4 is 5.69 Å². The van der Waals surface area contributed by atoms with Gasteiger partial charge in [0.05, 0.1) is 0 Å². The molecule has 0 radical (unpaired) electrons. The van der Waals surface area contributed by atoms with Crippen LogP contribution in [0.5, 0.6) is 0 Å². The third-order valence-corrected chi connectivity index (χ3v) is 3.53. The van der Waals surface area contributed by atoms with Gasteiger partial charge in [-0.25, -0.2) is 0 Å². The highest BCUT2D eigenvalue weighted by Crippen LogP contribution is 2.27. The SMILES string of the molecule is CN1CCc2cc(CNCCc3ncon3)ccc21. The molecule has 0 fully saturated rings. The molecule has 5 heteroatoms. The van der Waals surface area contributed by atoms with Gasteiger partial charge in [-0.3, -0.25) is 0 Å². The van der Waals surface area contributed by atoms with Crippen LogP contribution in [0, 0.1) is 0 Å². The van der Waals surface area contributed by atoms with E-state index in [0.29, 0.717) is 0 Å². The van der Waals surface area contributed by atoms with Gasteiger partial charge in [0.25, 0.3) is 0 Å². The second-order valence-corrected chi connectivity index (χ2v) is 4.91. The quantitative estimate of drug-likeness (QED) is 0.821. The number of hydrogen-bond donors (Lipinski definition) is 1. The molecule has 1 aliphatic heterocycles. The normalized spacial score (nSPS) is 13.8. The number of fused-ring (bicyclic) bond motifs is 1. The van der Waals surface area contributed by atoms with Crippen molar-refractivity contribution in [3.8, 4) is 0 Å². The summed E-state index contributed by atoms with van der Waals surface area (Å²) in [5.74, 6) is 0.753. The summed E-state index contributed by atoms with van der Waals surface area (Å²) in [7, 11) is 2.15. The standard InChI is InChI=1S/C14H18N4O/c1-18-7-5-12-8-11(2-3-13(12)18)9-15-6-4-14-16-10-19-17-14/h2-3,8,10,15H,4-7,9H2,1H3. The van der Waals surface area contributed by atoms with E-state index in [9.17, 15) is 0 Å². The van der Waals surface area contributed by atoms with Crippen LogP contribution in [-0.4, -0.2) is 30.3 Å². The molecular formula is C14H18N4O. The van der Waals surface area contributed by atoms with Crippen molar-refractivity contribution in [2.75, 3.05) is 25.0 Å². The maximum absolute atomic E-state index is 4.70. The zero-order chi connectivity index (χ0) is 13.1. The molecule has 100 valence electrons. The lowest BCUT2D eigenvalue weighted by Gasteiger charge is -2.12. The highest BCUT2D eigenvalue weighted by atomic mass is 16.5. The molecule has 0 atom stereocenters. The Morgan fingerprint density at radius 1 is 1.42 bits per heavy atom. The van der Waals surface area contributed by atoms with Crippen molar-refractivity contribution in [3.63, 3.8) is 0 Å². The lowest BCUT2D eigenvalue weighted by Crippen LogP contribution is -2.17. The van der Waals surface area contributed by atoms with Crippen LogP contribution in [0.4, 0.5) is 5.69 Å². The summed E-state index contributed by atoms with van der Waals surface area (Å²) in [4.78, 5) is 6.30. The van der Waals surface area contributed by atoms with Crippen LogP contribution in [0.25, 0.3) is 0 Å². The molecule has 2 heterocycles. The summed E-state index contributed by atoms with van der Waals surface area (Å²) in [6.45, 7) is 2.87. The number of likely N-dealkylation sites (N-methyl/N-ethyl adjacent to an activating group) is 1. The number of rotatable bonds is 5. The number of aromatic nitrogens is 2. The van der Waals surface area contributed by atoms with E-state index in [1.54, 1.807) is 0 Å². The molecule has 0 saturated heterocycles. The minimum Gasteiger partial charge on any atom is -0.374 e. The molecule has 0 bridgehead atoms. The van der Waals surface area contributed by atoms with Gasteiger partial charge < -0.3 is 14.7 Å². The lowest BCUT2D eigenvalue weighted by atomic mass is 10.1. The average Bonchev–Trinajstić information content (AvgIpc) is 3.05. The molecule has 0 unspecified atom stereocenters. The Morgan fingerprint density at radius 2 is 2.37 bits per heavy atom. The molecule has 19 heavy (non-hydrogen) atoms. The first-order chi connectivity index (χ1) is 9.33. The smallest absolute Gasteiger partial charge is 0.213 e. The Labute approximate surface area is 112 Å². The third-order valence-electron chi connectivity index (χ3n) is 3.53. The number of benzene rings is 1. The Bertz CT molecular complexity index is 538. The summed E-state index contributed by atoms with van der Waals surface area (Å²) in [5.41, 5.74) is 4.16. The summed E-state index contributed by atoms with van der Waals surface area (Å²) >= 11 is 0. The van der Waals surface area contributed by atoms with Crippen LogP contribution < -0.4 is 10.2 Å². The number of nitrogens with one attached hydrogen (secondary N) is 1. The van der Waals surface area contributed by atoms with E-state index in [1.807, 2.05) is 0 Å². The zero-order valence-electron chi connectivity index (χ0n) is 11.1. The highest BCUT2D eigenvalue weighted by molar-refractivity contribution is 5.58. The lowest BCUT2D eigenvalue weighted by molar-refractivity contribution is 0.409. The minimum absolute atomic E-state index is 0.753. The first-order valence-corrected chi connectivity index (χ1v) is 6.62. The van der Waals surface area contributed by atoms with Crippen molar-refractivity contribution in [1.29, 1.82) is 0 Å². The molecule has 5 nitrogen and oxygen atoms in total. The summed E-state index contributed by atoms with van der Waals surface area (Å²) in [5, 5.41) is 7.19. The second-order valence-electron chi connectivity index (χ2n) is 4.91. The Balaban J connectivity index is 1.51. The highest BCUT2D eigenvalue weighted by Gasteiger charge is 2.15. The monoisotopic (exact) mass is 258 g/mol. The van der Waals surface area contributed by atoms with E-state index < -0.39 is 0 Å². The van der Waals surface area contributed by atoms with Crippen molar-refractivity contribution < 1.29 is 4.52 Å². The Kier molecular flexibility index (Phi) is 3.46. The van der Waals surface area contributed by atoms with Crippen LogP contribution in [-0.2, 0) is 19.4 Å². The van der Waals surface area contributed by atoms with Gasteiger partial charge in [0, 0.05) is 38.8 Å². The summed E-state index contributed by atoms with van der Waals surface area (Å²) in [6.07, 6.45) is 3.32. The molecule has 0 amide bonds. The van der Waals surface area contributed by atoms with Crippen molar-refractivity contribution in [2.45, 2.75) is 19.4 Å². The van der Waals surface area contributed by atoms with E-state index in [4.69, 9.17) is 4.52 Å². The molecule has 1 aliphatic rings. The van der Waals surface area contributed by atoms with Gasteiger partial charge in [-0.1, -0.05) is 17.3 Å². The molecule has 1 aromatic heterocycles.